The Morgan fingerprint density at radius 1 is 1.20 bits per heavy atom. The molecule has 156 valence electrons. The van der Waals surface area contributed by atoms with E-state index in [0.29, 0.717) is 40.2 Å². The van der Waals surface area contributed by atoms with Gasteiger partial charge < -0.3 is 19.2 Å². The smallest absolute Gasteiger partial charge is 0.287 e. The molecule has 2 aromatic carbocycles. The summed E-state index contributed by atoms with van der Waals surface area (Å²) in [6.07, 6.45) is 0.104. The average molecular weight is 413 g/mol. The normalized spacial score (nSPS) is 15.0. The molecule has 1 amide bonds. The van der Waals surface area contributed by atoms with Crippen molar-refractivity contribution in [3.05, 3.63) is 76.7 Å². The largest absolute Gasteiger partial charge is 0.487 e. The van der Waals surface area contributed by atoms with Crippen LogP contribution in [0.3, 0.4) is 0 Å². The molecule has 0 spiro atoms. The maximum atomic E-state index is 14.2. The molecule has 0 unspecified atom stereocenters. The van der Waals surface area contributed by atoms with E-state index in [2.05, 4.69) is 5.32 Å². The summed E-state index contributed by atoms with van der Waals surface area (Å²) in [6, 6.07) is 10.7. The maximum absolute atomic E-state index is 14.2. The van der Waals surface area contributed by atoms with Gasteiger partial charge in [0.05, 0.1) is 6.54 Å². The van der Waals surface area contributed by atoms with E-state index < -0.39 is 0 Å². The minimum absolute atomic E-state index is 0.186. The van der Waals surface area contributed by atoms with Gasteiger partial charge in [-0.3, -0.25) is 4.79 Å². The van der Waals surface area contributed by atoms with Crippen molar-refractivity contribution in [2.45, 2.75) is 26.1 Å². The molecular formula is C23H21F2NO4. The van der Waals surface area contributed by atoms with E-state index in [0.717, 1.165) is 0 Å². The van der Waals surface area contributed by atoms with Gasteiger partial charge in [0.15, 0.2) is 5.76 Å². The van der Waals surface area contributed by atoms with E-state index >= 15 is 0 Å². The van der Waals surface area contributed by atoms with Gasteiger partial charge in [-0.05, 0) is 54.4 Å². The summed E-state index contributed by atoms with van der Waals surface area (Å²) in [4.78, 5) is 12.3. The van der Waals surface area contributed by atoms with Gasteiger partial charge in [-0.2, -0.15) is 0 Å². The number of halogens is 2. The van der Waals surface area contributed by atoms with E-state index in [1.54, 1.807) is 38.3 Å². The fourth-order valence-electron chi connectivity index (χ4n) is 3.55. The van der Waals surface area contributed by atoms with Gasteiger partial charge in [-0.1, -0.05) is 6.07 Å². The van der Waals surface area contributed by atoms with Crippen LogP contribution in [-0.2, 0) is 17.8 Å². The van der Waals surface area contributed by atoms with Crippen molar-refractivity contribution in [3.8, 4) is 16.9 Å². The van der Waals surface area contributed by atoms with Gasteiger partial charge in [0.1, 0.15) is 35.9 Å². The zero-order valence-electron chi connectivity index (χ0n) is 16.6. The lowest BCUT2D eigenvalue weighted by atomic mass is 9.99. The summed E-state index contributed by atoms with van der Waals surface area (Å²) >= 11 is 0. The number of carbonyl (C=O) groups excluding carboxylic acids is 1. The Morgan fingerprint density at radius 2 is 2.03 bits per heavy atom. The van der Waals surface area contributed by atoms with Crippen LogP contribution in [-0.4, -0.2) is 25.7 Å². The predicted octanol–water partition coefficient (Wildman–Crippen LogP) is 4.41. The van der Waals surface area contributed by atoms with Crippen molar-refractivity contribution in [1.29, 1.82) is 0 Å². The first-order chi connectivity index (χ1) is 14.4. The van der Waals surface area contributed by atoms with Gasteiger partial charge >= 0.3 is 0 Å². The first-order valence-electron chi connectivity index (χ1n) is 9.56. The molecule has 1 aliphatic rings. The Kier molecular flexibility index (Phi) is 5.55. The molecule has 0 fully saturated rings. The second-order valence-electron chi connectivity index (χ2n) is 7.26. The molecule has 1 aliphatic heterocycles. The highest BCUT2D eigenvalue weighted by atomic mass is 19.1. The maximum Gasteiger partial charge on any atom is 0.287 e. The number of furan rings is 1. The number of ether oxygens (including phenoxy) is 2. The first-order valence-corrected chi connectivity index (χ1v) is 9.56. The number of nitrogens with one attached hydrogen (secondary N) is 1. The SMILES string of the molecule is COCc1ccc(C(=O)NC[C@@H]2Cc3cc(F)cc(-c4ccc(F)c(C)c4)c3O2)o1. The lowest BCUT2D eigenvalue weighted by molar-refractivity contribution is 0.0897. The molecule has 2 heterocycles. The van der Waals surface area contributed by atoms with Crippen LogP contribution in [0.2, 0.25) is 0 Å². The van der Waals surface area contributed by atoms with E-state index in [9.17, 15) is 13.6 Å². The number of rotatable bonds is 6. The Balaban J connectivity index is 1.47. The average Bonchev–Trinajstić information content (AvgIpc) is 3.35. The number of amides is 1. The van der Waals surface area contributed by atoms with Crippen molar-refractivity contribution in [2.24, 2.45) is 0 Å². The van der Waals surface area contributed by atoms with Crippen LogP contribution in [0.4, 0.5) is 8.78 Å². The summed E-state index contributed by atoms with van der Waals surface area (Å²) in [5, 5.41) is 2.78. The number of hydrogen-bond acceptors (Lipinski definition) is 4. The van der Waals surface area contributed by atoms with Crippen molar-refractivity contribution < 1.29 is 27.5 Å². The molecule has 1 atom stereocenters. The molecule has 30 heavy (non-hydrogen) atoms. The van der Waals surface area contributed by atoms with Crippen molar-refractivity contribution in [3.63, 3.8) is 0 Å². The number of methoxy groups -OCH3 is 1. The van der Waals surface area contributed by atoms with Crippen molar-refractivity contribution >= 4 is 5.91 Å². The Morgan fingerprint density at radius 3 is 2.80 bits per heavy atom. The van der Waals surface area contributed by atoms with Gasteiger partial charge in [0.2, 0.25) is 0 Å². The molecule has 1 aromatic heterocycles. The fourth-order valence-corrected chi connectivity index (χ4v) is 3.55. The second-order valence-corrected chi connectivity index (χ2v) is 7.26. The van der Waals surface area contributed by atoms with Crippen molar-refractivity contribution in [1.82, 2.24) is 5.32 Å². The molecule has 0 saturated carbocycles. The highest BCUT2D eigenvalue weighted by molar-refractivity contribution is 5.91. The predicted molar refractivity (Wildman–Crippen MR) is 106 cm³/mol. The lowest BCUT2D eigenvalue weighted by Crippen LogP contribution is -2.34. The molecule has 1 N–H and O–H groups in total. The number of aryl methyl sites for hydroxylation is 1. The van der Waals surface area contributed by atoms with Crippen LogP contribution in [0, 0.1) is 18.6 Å². The highest BCUT2D eigenvalue weighted by Gasteiger charge is 2.28. The van der Waals surface area contributed by atoms with Crippen molar-refractivity contribution in [2.75, 3.05) is 13.7 Å². The zero-order valence-corrected chi connectivity index (χ0v) is 16.6. The number of benzene rings is 2. The number of carbonyl (C=O) groups is 1. The Hall–Kier alpha value is -3.19. The lowest BCUT2D eigenvalue weighted by Gasteiger charge is -2.14. The summed E-state index contributed by atoms with van der Waals surface area (Å²) in [7, 11) is 1.54. The minimum atomic E-state index is -0.389. The van der Waals surface area contributed by atoms with Gasteiger partial charge in [-0.25, -0.2) is 8.78 Å². The standard InChI is InChI=1S/C23H21F2NO4/c1-13-7-14(3-5-20(13)25)19-10-16(24)8-15-9-18(30-22(15)19)11-26-23(27)21-6-4-17(29-21)12-28-2/h3-8,10,18H,9,11-12H2,1-2H3,(H,26,27)/t18-/m0/s1. The van der Waals surface area contributed by atoms with Crippen LogP contribution in [0.25, 0.3) is 11.1 Å². The zero-order chi connectivity index (χ0) is 21.3. The summed E-state index contributed by atoms with van der Waals surface area (Å²) in [6.45, 7) is 2.17. The van der Waals surface area contributed by atoms with Crippen LogP contribution in [0.5, 0.6) is 5.75 Å². The van der Waals surface area contributed by atoms with E-state index in [4.69, 9.17) is 13.9 Å². The first kappa shape index (κ1) is 20.1. The number of fused-ring (bicyclic) bond motifs is 1. The fraction of sp³-hybridized carbons (Fsp3) is 0.261. The molecule has 0 bridgehead atoms. The third-order valence-electron chi connectivity index (χ3n) is 4.99. The van der Waals surface area contributed by atoms with Gasteiger partial charge in [0.25, 0.3) is 5.91 Å². The third-order valence-corrected chi connectivity index (χ3v) is 4.99. The molecule has 0 saturated heterocycles. The monoisotopic (exact) mass is 413 g/mol. The molecule has 5 nitrogen and oxygen atoms in total. The molecule has 3 aromatic rings. The molecule has 7 heteroatoms. The van der Waals surface area contributed by atoms with Crippen LogP contribution in [0.15, 0.2) is 46.9 Å². The van der Waals surface area contributed by atoms with E-state index in [-0.39, 0.29) is 42.6 Å². The number of hydrogen-bond donors (Lipinski definition) is 1. The highest BCUT2D eigenvalue weighted by Crippen LogP contribution is 2.40. The van der Waals surface area contributed by atoms with Crippen LogP contribution in [0.1, 0.15) is 27.4 Å². The molecular weight excluding hydrogens is 392 g/mol. The third kappa shape index (κ3) is 4.07. The van der Waals surface area contributed by atoms with Crippen LogP contribution < -0.4 is 10.1 Å². The minimum Gasteiger partial charge on any atom is -0.487 e. The molecule has 0 radical (unpaired) electrons. The second kappa shape index (κ2) is 8.28. The quantitative estimate of drug-likeness (QED) is 0.650. The Labute approximate surface area is 172 Å². The summed E-state index contributed by atoms with van der Waals surface area (Å²) in [5.41, 5.74) is 2.43. The Bertz CT molecular complexity index is 1090. The summed E-state index contributed by atoms with van der Waals surface area (Å²) < 4.78 is 44.2. The summed E-state index contributed by atoms with van der Waals surface area (Å²) in [5.74, 6) is 0.229. The van der Waals surface area contributed by atoms with E-state index in [1.807, 2.05) is 0 Å². The van der Waals surface area contributed by atoms with Crippen LogP contribution >= 0.6 is 0 Å². The molecule has 4 rings (SSSR count). The van der Waals surface area contributed by atoms with Gasteiger partial charge in [-0.15, -0.1) is 0 Å². The van der Waals surface area contributed by atoms with E-state index in [1.165, 1.54) is 18.2 Å². The molecule has 0 aliphatic carbocycles. The van der Waals surface area contributed by atoms with Gasteiger partial charge in [0, 0.05) is 24.7 Å². The topological polar surface area (TPSA) is 60.7 Å².